The van der Waals surface area contributed by atoms with Gasteiger partial charge in [0.2, 0.25) is 0 Å². The number of esters is 2. The molecule has 0 saturated heterocycles. The summed E-state index contributed by atoms with van der Waals surface area (Å²) in [5.74, 6) is -2.04. The number of aromatic nitrogens is 2. The largest absolute Gasteiger partial charge is 0.466 e. The summed E-state index contributed by atoms with van der Waals surface area (Å²) in [4.78, 5) is 52.5. The minimum atomic E-state index is -0.799. The van der Waals surface area contributed by atoms with Gasteiger partial charge in [0.05, 0.1) is 19.6 Å². The summed E-state index contributed by atoms with van der Waals surface area (Å²) in [5.41, 5.74) is -1.05. The van der Waals surface area contributed by atoms with Gasteiger partial charge in [-0.1, -0.05) is 13.8 Å². The fraction of sp³-hybridized carbons (Fsp3) is 0.533. The zero-order valence-corrected chi connectivity index (χ0v) is 13.9. The molecule has 1 heterocycles. The van der Waals surface area contributed by atoms with Gasteiger partial charge in [-0.15, -0.1) is 0 Å². The number of nitrogens with one attached hydrogen (secondary N) is 2. The summed E-state index contributed by atoms with van der Waals surface area (Å²) in [7, 11) is 0. The van der Waals surface area contributed by atoms with E-state index in [2.05, 4.69) is 15.3 Å². The van der Waals surface area contributed by atoms with E-state index in [9.17, 15) is 19.2 Å². The van der Waals surface area contributed by atoms with Crippen molar-refractivity contribution in [1.82, 2.24) is 15.3 Å². The molecule has 1 rings (SSSR count). The molecule has 1 aromatic heterocycles. The Hall–Kier alpha value is -2.71. The Balaban J connectivity index is 2.63. The van der Waals surface area contributed by atoms with Crippen LogP contribution < -0.4 is 10.9 Å². The average Bonchev–Trinajstić information content (AvgIpc) is 2.52. The van der Waals surface area contributed by atoms with E-state index in [1.54, 1.807) is 6.92 Å². The van der Waals surface area contributed by atoms with Gasteiger partial charge in [0.15, 0.2) is 5.82 Å². The van der Waals surface area contributed by atoms with E-state index >= 15 is 0 Å². The van der Waals surface area contributed by atoms with Crippen LogP contribution in [-0.4, -0.2) is 47.6 Å². The van der Waals surface area contributed by atoms with Crippen LogP contribution in [0.25, 0.3) is 0 Å². The van der Waals surface area contributed by atoms with Crippen LogP contribution in [0.2, 0.25) is 0 Å². The maximum Gasteiger partial charge on any atom is 0.345 e. The third-order valence-corrected chi connectivity index (χ3v) is 2.70. The van der Waals surface area contributed by atoms with Crippen LogP contribution in [0.4, 0.5) is 0 Å². The molecule has 0 fully saturated rings. The molecule has 0 aliphatic carbocycles. The topological polar surface area (TPSA) is 127 Å². The number of aromatic amines is 1. The van der Waals surface area contributed by atoms with Crippen molar-refractivity contribution in [3.8, 4) is 0 Å². The van der Waals surface area contributed by atoms with Crippen molar-refractivity contribution in [2.45, 2.75) is 27.2 Å². The number of ether oxygens (including phenoxy) is 2. The lowest BCUT2D eigenvalue weighted by Crippen LogP contribution is -2.31. The molecule has 9 heteroatoms. The van der Waals surface area contributed by atoms with E-state index in [1.165, 1.54) is 0 Å². The summed E-state index contributed by atoms with van der Waals surface area (Å²) in [5, 5.41) is 2.42. The van der Waals surface area contributed by atoms with Crippen LogP contribution in [0.5, 0.6) is 0 Å². The van der Waals surface area contributed by atoms with Crippen LogP contribution in [0, 0.1) is 5.92 Å². The molecule has 0 atom stereocenters. The molecule has 0 aliphatic heterocycles. The molecule has 0 aliphatic rings. The normalized spacial score (nSPS) is 10.3. The SMILES string of the molecule is CCOC(=O)CCNC(=O)c1ncc(C(=O)OCC(C)C)c(=O)[nH]1. The minimum absolute atomic E-state index is 0.00340. The third-order valence-electron chi connectivity index (χ3n) is 2.70. The lowest BCUT2D eigenvalue weighted by Gasteiger charge is -2.07. The highest BCUT2D eigenvalue weighted by molar-refractivity contribution is 5.92. The van der Waals surface area contributed by atoms with Crippen molar-refractivity contribution in [1.29, 1.82) is 0 Å². The van der Waals surface area contributed by atoms with Crippen LogP contribution in [0.15, 0.2) is 11.0 Å². The Labute approximate surface area is 138 Å². The van der Waals surface area contributed by atoms with Gasteiger partial charge in [0.25, 0.3) is 11.5 Å². The van der Waals surface area contributed by atoms with Gasteiger partial charge in [0.1, 0.15) is 5.56 Å². The highest BCUT2D eigenvalue weighted by atomic mass is 16.5. The second-order valence-corrected chi connectivity index (χ2v) is 5.28. The molecule has 2 N–H and O–H groups in total. The van der Waals surface area contributed by atoms with Gasteiger partial charge in [-0.2, -0.15) is 0 Å². The fourth-order valence-corrected chi connectivity index (χ4v) is 1.57. The first-order chi connectivity index (χ1) is 11.3. The summed E-state index contributed by atoms with van der Waals surface area (Å²) in [6.07, 6.45) is 0.991. The second kappa shape index (κ2) is 9.43. The molecule has 24 heavy (non-hydrogen) atoms. The predicted molar refractivity (Wildman–Crippen MR) is 83.6 cm³/mol. The molecule has 0 spiro atoms. The van der Waals surface area contributed by atoms with Gasteiger partial charge in [-0.25, -0.2) is 9.78 Å². The van der Waals surface area contributed by atoms with Gasteiger partial charge in [-0.05, 0) is 12.8 Å². The van der Waals surface area contributed by atoms with E-state index in [0.29, 0.717) is 0 Å². The van der Waals surface area contributed by atoms with Crippen molar-refractivity contribution in [3.05, 3.63) is 27.9 Å². The van der Waals surface area contributed by atoms with Crippen LogP contribution >= 0.6 is 0 Å². The summed E-state index contributed by atoms with van der Waals surface area (Å²) in [6.45, 7) is 5.88. The molecule has 9 nitrogen and oxygen atoms in total. The summed E-state index contributed by atoms with van der Waals surface area (Å²) < 4.78 is 9.65. The zero-order chi connectivity index (χ0) is 18.1. The molecule has 0 aromatic carbocycles. The molecule has 0 radical (unpaired) electrons. The molecule has 0 bridgehead atoms. The number of carbonyl (C=O) groups excluding carboxylic acids is 3. The number of amides is 1. The highest BCUT2D eigenvalue weighted by Crippen LogP contribution is 1.98. The monoisotopic (exact) mass is 339 g/mol. The van der Waals surface area contributed by atoms with Crippen molar-refractivity contribution >= 4 is 17.8 Å². The van der Waals surface area contributed by atoms with Gasteiger partial charge in [0, 0.05) is 12.7 Å². The number of nitrogens with zero attached hydrogens (tertiary/aromatic N) is 1. The first-order valence-electron chi connectivity index (χ1n) is 7.55. The van der Waals surface area contributed by atoms with E-state index < -0.39 is 23.4 Å². The zero-order valence-electron chi connectivity index (χ0n) is 13.9. The lowest BCUT2D eigenvalue weighted by molar-refractivity contribution is -0.142. The third kappa shape index (κ3) is 6.19. The Morgan fingerprint density at radius 2 is 2.00 bits per heavy atom. The van der Waals surface area contributed by atoms with Crippen LogP contribution in [-0.2, 0) is 14.3 Å². The summed E-state index contributed by atoms with van der Waals surface area (Å²) >= 11 is 0. The van der Waals surface area contributed by atoms with E-state index in [-0.39, 0.29) is 43.5 Å². The second-order valence-electron chi connectivity index (χ2n) is 5.28. The Bertz CT molecular complexity index is 653. The first-order valence-corrected chi connectivity index (χ1v) is 7.55. The molecule has 0 unspecified atom stereocenters. The Kier molecular flexibility index (Phi) is 7.60. The maximum atomic E-state index is 11.8. The number of H-pyrrole nitrogens is 1. The molecular weight excluding hydrogens is 318 g/mol. The standard InChI is InChI=1S/C15H21N3O6/c1-4-23-11(19)5-6-16-14(21)12-17-7-10(13(20)18-12)15(22)24-8-9(2)3/h7,9H,4-6,8H2,1-3H3,(H,16,21)(H,17,18,20). The van der Waals surface area contributed by atoms with Gasteiger partial charge in [-0.3, -0.25) is 14.4 Å². The van der Waals surface area contributed by atoms with Gasteiger partial charge >= 0.3 is 11.9 Å². The Morgan fingerprint density at radius 3 is 2.58 bits per heavy atom. The molecule has 132 valence electrons. The maximum absolute atomic E-state index is 11.8. The van der Waals surface area contributed by atoms with Crippen molar-refractivity contribution < 1.29 is 23.9 Å². The number of hydrogen-bond donors (Lipinski definition) is 2. The van der Waals surface area contributed by atoms with Crippen molar-refractivity contribution in [2.24, 2.45) is 5.92 Å². The smallest absolute Gasteiger partial charge is 0.345 e. The highest BCUT2D eigenvalue weighted by Gasteiger charge is 2.16. The Morgan fingerprint density at radius 1 is 1.29 bits per heavy atom. The van der Waals surface area contributed by atoms with Crippen molar-refractivity contribution in [2.75, 3.05) is 19.8 Å². The van der Waals surface area contributed by atoms with Crippen LogP contribution in [0.3, 0.4) is 0 Å². The number of hydrogen-bond acceptors (Lipinski definition) is 7. The quantitative estimate of drug-likeness (QED) is 0.650. The van der Waals surface area contributed by atoms with Gasteiger partial charge < -0.3 is 19.8 Å². The molecule has 0 saturated carbocycles. The number of rotatable bonds is 8. The fourth-order valence-electron chi connectivity index (χ4n) is 1.57. The first kappa shape index (κ1) is 19.3. The minimum Gasteiger partial charge on any atom is -0.466 e. The summed E-state index contributed by atoms with van der Waals surface area (Å²) in [6, 6.07) is 0. The average molecular weight is 339 g/mol. The van der Waals surface area contributed by atoms with Crippen molar-refractivity contribution in [3.63, 3.8) is 0 Å². The van der Waals surface area contributed by atoms with E-state index in [0.717, 1.165) is 6.20 Å². The molecule has 1 amide bonds. The number of carbonyl (C=O) groups is 3. The molecule has 1 aromatic rings. The lowest BCUT2D eigenvalue weighted by atomic mass is 10.2. The van der Waals surface area contributed by atoms with E-state index in [1.807, 2.05) is 13.8 Å². The predicted octanol–water partition coefficient (Wildman–Crippen LogP) is 0.266. The molecular formula is C15H21N3O6. The van der Waals surface area contributed by atoms with Crippen LogP contribution in [0.1, 0.15) is 48.2 Å². The van der Waals surface area contributed by atoms with E-state index in [4.69, 9.17) is 9.47 Å².